The first-order valence-corrected chi connectivity index (χ1v) is 41.9. The summed E-state index contributed by atoms with van der Waals surface area (Å²) in [5.74, 6) is 19.8. The first-order valence-electron chi connectivity index (χ1n) is 41.9. The molecule has 8 nitrogen and oxygen atoms in total. The van der Waals surface area contributed by atoms with Crippen LogP contribution in [0.25, 0.3) is 0 Å². The molecule has 15 aliphatic rings. The summed E-state index contributed by atoms with van der Waals surface area (Å²) in [6, 6.07) is 4.86. The van der Waals surface area contributed by atoms with Crippen molar-refractivity contribution in [1.82, 2.24) is 41.7 Å². The Bertz CT molecular complexity index is 2060. The normalized spacial score (nSPS) is 53.5. The van der Waals surface area contributed by atoms with Crippen LogP contribution in [0, 0.1) is 142 Å². The van der Waals surface area contributed by atoms with Gasteiger partial charge in [-0.05, 0) is 270 Å². The summed E-state index contributed by atoms with van der Waals surface area (Å²) in [5.41, 5.74) is 0. The van der Waals surface area contributed by atoms with Gasteiger partial charge in [-0.15, -0.1) is 0 Å². The maximum absolute atomic E-state index is 4.39. The zero-order valence-corrected chi connectivity index (χ0v) is 60.1. The standard InChI is InChI=1S/C82H144N8/c1-47-41-53(7)75(55(9)71(47)69-49(3)43-61(44-50(69)4)81-85-77(57-27-15-11-16-28-57)83-78(86-81)58-29-17-12-18-30-58)89-65-37-25-23-35-63(65)73-67(89)39-40-68-74(73)64-36-24-26-38-66(64)90(68)76-54(8)42-48(2)72(56(76)10)70-51(5)45-62(46-52(70)6)82-87-79(59-31-19-13-20-32-59)84-80(88-82)60-33-21-14-22-34-60/h47-88H,11-46H2,1-10H3. The molecule has 15 fully saturated rings. The number of hydrogen-bond acceptors (Lipinski definition) is 8. The molecule has 15 rings (SSSR count). The van der Waals surface area contributed by atoms with Crippen molar-refractivity contribution in [2.24, 2.45) is 142 Å². The highest BCUT2D eigenvalue weighted by Crippen LogP contribution is 2.64. The molecule has 4 heterocycles. The fourth-order valence-electron chi connectivity index (χ4n) is 30.1. The van der Waals surface area contributed by atoms with Crippen LogP contribution in [-0.2, 0) is 0 Å². The molecule has 26 atom stereocenters. The van der Waals surface area contributed by atoms with E-state index in [-0.39, 0.29) is 0 Å². The van der Waals surface area contributed by atoms with E-state index in [0.29, 0.717) is 37.0 Å². The fraction of sp³-hybridized carbons (Fsp3) is 1.00. The highest BCUT2D eigenvalue weighted by molar-refractivity contribution is 5.19. The van der Waals surface area contributed by atoms with Gasteiger partial charge in [0.05, 0.1) is 37.0 Å². The fourth-order valence-corrected chi connectivity index (χ4v) is 30.1. The molecule has 0 aromatic carbocycles. The van der Waals surface area contributed by atoms with Crippen molar-refractivity contribution < 1.29 is 0 Å². The van der Waals surface area contributed by atoms with Gasteiger partial charge in [-0.25, -0.2) is 0 Å². The van der Waals surface area contributed by atoms with Gasteiger partial charge in [-0.1, -0.05) is 172 Å². The highest BCUT2D eigenvalue weighted by atomic mass is 15.4. The minimum atomic E-state index is 0.463. The van der Waals surface area contributed by atoms with E-state index in [9.17, 15) is 0 Å². The molecule has 0 aromatic rings. The first kappa shape index (κ1) is 65.6. The molecule has 90 heavy (non-hydrogen) atoms. The van der Waals surface area contributed by atoms with E-state index in [0.717, 1.165) is 178 Å². The first-order chi connectivity index (χ1) is 43.8. The van der Waals surface area contributed by atoms with Crippen LogP contribution in [0.15, 0.2) is 0 Å². The molecule has 0 bridgehead atoms. The predicted molar refractivity (Wildman–Crippen MR) is 375 cm³/mol. The van der Waals surface area contributed by atoms with Crippen molar-refractivity contribution in [1.29, 1.82) is 0 Å². The van der Waals surface area contributed by atoms with Crippen molar-refractivity contribution in [3.8, 4) is 0 Å². The summed E-state index contributed by atoms with van der Waals surface area (Å²) in [5, 5.41) is 26.1. The Morgan fingerprint density at radius 1 is 0.211 bits per heavy atom. The third-order valence-corrected chi connectivity index (χ3v) is 32.9. The highest BCUT2D eigenvalue weighted by Gasteiger charge is 2.66. The summed E-state index contributed by atoms with van der Waals surface area (Å²) >= 11 is 0. The lowest BCUT2D eigenvalue weighted by atomic mass is 9.54. The Balaban J connectivity index is 0.654. The predicted octanol–water partition coefficient (Wildman–Crippen LogP) is 17.5. The summed E-state index contributed by atoms with van der Waals surface area (Å²) in [7, 11) is 0. The van der Waals surface area contributed by atoms with Gasteiger partial charge >= 0.3 is 0 Å². The lowest BCUT2D eigenvalue weighted by Gasteiger charge is -2.58. The molecule has 11 saturated carbocycles. The van der Waals surface area contributed by atoms with E-state index in [2.05, 4.69) is 111 Å². The van der Waals surface area contributed by atoms with E-state index >= 15 is 0 Å². The van der Waals surface area contributed by atoms with Crippen LogP contribution >= 0.6 is 0 Å². The van der Waals surface area contributed by atoms with E-state index in [1.165, 1.54) is 231 Å². The molecule has 6 N–H and O–H groups in total. The minimum Gasteiger partial charge on any atom is -0.293 e. The Labute approximate surface area is 554 Å². The van der Waals surface area contributed by atoms with Gasteiger partial charge in [0.25, 0.3) is 0 Å². The molecule has 0 spiro atoms. The van der Waals surface area contributed by atoms with Crippen molar-refractivity contribution in [3.05, 3.63) is 0 Å². The number of rotatable bonds is 10. The van der Waals surface area contributed by atoms with Gasteiger partial charge in [0, 0.05) is 36.3 Å². The van der Waals surface area contributed by atoms with Gasteiger partial charge in [0.15, 0.2) is 0 Å². The zero-order valence-electron chi connectivity index (χ0n) is 60.1. The Hall–Kier alpha value is -0.320. The molecule has 26 unspecified atom stereocenters. The van der Waals surface area contributed by atoms with E-state index in [1.807, 2.05) is 0 Å². The number of nitrogens with zero attached hydrogens (tertiary/aromatic N) is 2. The van der Waals surface area contributed by atoms with Crippen LogP contribution in [-0.4, -0.2) is 83.0 Å². The lowest BCUT2D eigenvalue weighted by Crippen LogP contribution is -2.72. The number of likely N-dealkylation sites (tertiary alicyclic amines) is 2. The minimum absolute atomic E-state index is 0.463. The molecule has 0 aromatic heterocycles. The third-order valence-electron chi connectivity index (χ3n) is 32.9. The van der Waals surface area contributed by atoms with Gasteiger partial charge in [0.1, 0.15) is 0 Å². The van der Waals surface area contributed by atoms with Crippen molar-refractivity contribution in [2.45, 2.75) is 374 Å². The average molecular weight is 1240 g/mol. The topological polar surface area (TPSA) is 78.7 Å². The van der Waals surface area contributed by atoms with Gasteiger partial charge in [-0.2, -0.15) is 0 Å². The van der Waals surface area contributed by atoms with Crippen LogP contribution in [0.4, 0.5) is 0 Å². The quantitative estimate of drug-likeness (QED) is 0.129. The van der Waals surface area contributed by atoms with Crippen molar-refractivity contribution in [2.75, 3.05) is 0 Å². The van der Waals surface area contributed by atoms with Crippen LogP contribution in [0.3, 0.4) is 0 Å². The molecule has 0 amide bonds. The molecule has 512 valence electrons. The maximum Gasteiger partial charge on any atom is 0.0624 e. The van der Waals surface area contributed by atoms with Crippen LogP contribution in [0.2, 0.25) is 0 Å². The molecular formula is C82H144N8. The largest absolute Gasteiger partial charge is 0.293 e. The van der Waals surface area contributed by atoms with E-state index in [4.69, 9.17) is 0 Å². The number of fused-ring (bicyclic) bond motifs is 7. The molecule has 11 aliphatic carbocycles. The number of nitrogens with one attached hydrogen (secondary N) is 6. The zero-order chi connectivity index (χ0) is 61.6. The van der Waals surface area contributed by atoms with Crippen molar-refractivity contribution >= 4 is 0 Å². The number of hydrogen-bond donors (Lipinski definition) is 6. The summed E-state index contributed by atoms with van der Waals surface area (Å²) in [4.78, 5) is 7.04. The van der Waals surface area contributed by atoms with Gasteiger partial charge < -0.3 is 0 Å². The van der Waals surface area contributed by atoms with E-state index < -0.39 is 0 Å². The van der Waals surface area contributed by atoms with Crippen LogP contribution < -0.4 is 31.9 Å². The average Bonchev–Trinajstić information content (AvgIpc) is 1.54. The van der Waals surface area contributed by atoms with Crippen LogP contribution in [0.1, 0.15) is 300 Å². The SMILES string of the molecule is CC1CC(C2NC(C3CCCCC3)NC(C3CCCCC3)N2)CC(C)C1C1C(C)CC(C)C(N2C3CCCCC3C3C4C5CCCCC5N(C5C(C)CC(C)C(C6C(C)CC(C7NC(C8CCCCC8)NC(C8CCCCC8)N7)CC6C)C5C)C4CCC32)C1C. The molecule has 4 saturated heterocycles. The molecular weight excluding hydrogens is 1100 g/mol. The Morgan fingerprint density at radius 2 is 0.467 bits per heavy atom. The van der Waals surface area contributed by atoms with E-state index in [1.54, 1.807) is 0 Å². The second-order valence-electron chi connectivity index (χ2n) is 38.0. The van der Waals surface area contributed by atoms with Gasteiger partial charge in [0.2, 0.25) is 0 Å². The molecule has 4 aliphatic heterocycles. The Kier molecular flexibility index (Phi) is 20.5. The maximum atomic E-state index is 4.39. The summed E-state index contributed by atoms with van der Waals surface area (Å²) < 4.78 is 0. The molecule has 8 heteroatoms. The monoisotopic (exact) mass is 1240 g/mol. The lowest BCUT2D eigenvalue weighted by molar-refractivity contribution is -0.0908. The second kappa shape index (κ2) is 28.1. The van der Waals surface area contributed by atoms with Crippen LogP contribution in [0.5, 0.6) is 0 Å². The third kappa shape index (κ3) is 12.4. The summed E-state index contributed by atoms with van der Waals surface area (Å²) in [6.07, 6.45) is 55.2. The summed E-state index contributed by atoms with van der Waals surface area (Å²) in [6.45, 7) is 28.0. The molecule has 0 radical (unpaired) electrons. The van der Waals surface area contributed by atoms with Crippen molar-refractivity contribution in [3.63, 3.8) is 0 Å². The second-order valence-corrected chi connectivity index (χ2v) is 38.0. The smallest absolute Gasteiger partial charge is 0.0624 e. The Morgan fingerprint density at radius 3 is 0.767 bits per heavy atom. The van der Waals surface area contributed by atoms with Gasteiger partial charge in [-0.3, -0.25) is 41.7 Å².